The van der Waals surface area contributed by atoms with Crippen LogP contribution in [-0.4, -0.2) is 17.5 Å². The van der Waals surface area contributed by atoms with Gasteiger partial charge in [-0.05, 0) is 19.1 Å². The third-order valence-corrected chi connectivity index (χ3v) is 1.64. The zero-order chi connectivity index (χ0) is 10.6. The van der Waals surface area contributed by atoms with Gasteiger partial charge in [0.15, 0.2) is 0 Å². The molecular weight excluding hydrogens is 193 g/mol. The number of pyridine rings is 1. The normalized spacial score (nSPS) is 12.9. The van der Waals surface area contributed by atoms with Crippen LogP contribution in [0.5, 0.6) is 0 Å². The molecule has 1 aromatic rings. The molecule has 0 saturated carbocycles. The molecule has 0 amide bonds. The van der Waals surface area contributed by atoms with Crippen LogP contribution in [-0.2, 0) is 0 Å². The molecule has 1 atom stereocenters. The van der Waals surface area contributed by atoms with Crippen molar-refractivity contribution in [2.45, 2.75) is 25.8 Å². The van der Waals surface area contributed by atoms with Gasteiger partial charge in [-0.15, -0.1) is 0 Å². The largest absolute Gasteiger partial charge is 0.367 e. The van der Waals surface area contributed by atoms with Gasteiger partial charge in [0.05, 0.1) is 0 Å². The molecule has 0 saturated heterocycles. The van der Waals surface area contributed by atoms with E-state index >= 15 is 0 Å². The predicted octanol–water partition coefficient (Wildman–Crippen LogP) is 2.68. The molecule has 1 heterocycles. The molecule has 1 N–H and O–H groups in total. The van der Waals surface area contributed by atoms with Crippen LogP contribution in [0.2, 0.25) is 0 Å². The summed E-state index contributed by atoms with van der Waals surface area (Å²) < 4.78 is 36.4. The first-order valence-corrected chi connectivity index (χ1v) is 4.25. The minimum absolute atomic E-state index is 0.276. The number of hydrogen-bond donors (Lipinski definition) is 1. The van der Waals surface area contributed by atoms with Gasteiger partial charge >= 0.3 is 0 Å². The Bertz CT molecular complexity index is 291. The molecule has 2 nitrogen and oxygen atoms in total. The zero-order valence-corrected chi connectivity index (χ0v) is 7.67. The molecule has 0 aliphatic carbocycles. The highest BCUT2D eigenvalue weighted by Crippen LogP contribution is 2.10. The van der Waals surface area contributed by atoms with Crippen molar-refractivity contribution in [2.24, 2.45) is 0 Å². The second-order valence-corrected chi connectivity index (χ2v) is 3.02. The average Bonchev–Trinajstić information content (AvgIpc) is 2.01. The van der Waals surface area contributed by atoms with Crippen molar-refractivity contribution >= 4 is 5.82 Å². The van der Waals surface area contributed by atoms with Gasteiger partial charge in [0.1, 0.15) is 5.82 Å². The van der Waals surface area contributed by atoms with E-state index in [0.717, 1.165) is 0 Å². The summed E-state index contributed by atoms with van der Waals surface area (Å²) in [4.78, 5) is 3.50. The first-order valence-electron chi connectivity index (χ1n) is 4.25. The van der Waals surface area contributed by atoms with Crippen molar-refractivity contribution in [3.8, 4) is 0 Å². The highest BCUT2D eigenvalue weighted by Gasteiger charge is 2.10. The summed E-state index contributed by atoms with van der Waals surface area (Å²) in [6.45, 7) is 1.60. The van der Waals surface area contributed by atoms with Crippen LogP contribution in [0, 0.1) is 5.95 Å². The van der Waals surface area contributed by atoms with E-state index in [-0.39, 0.29) is 12.2 Å². The Hall–Kier alpha value is -1.26. The molecule has 0 aliphatic heterocycles. The van der Waals surface area contributed by atoms with Crippen LogP contribution >= 0.6 is 0 Å². The molecule has 1 unspecified atom stereocenters. The first-order chi connectivity index (χ1) is 6.58. The van der Waals surface area contributed by atoms with Crippen molar-refractivity contribution in [1.29, 1.82) is 0 Å². The van der Waals surface area contributed by atoms with E-state index in [1.807, 2.05) is 0 Å². The highest BCUT2D eigenvalue weighted by molar-refractivity contribution is 5.34. The number of alkyl halides is 2. The monoisotopic (exact) mass is 204 g/mol. The van der Waals surface area contributed by atoms with Crippen molar-refractivity contribution in [1.82, 2.24) is 4.98 Å². The van der Waals surface area contributed by atoms with Crippen LogP contribution in [0.1, 0.15) is 13.3 Å². The van der Waals surface area contributed by atoms with E-state index < -0.39 is 18.4 Å². The Kier molecular flexibility index (Phi) is 3.73. The smallest absolute Gasteiger partial charge is 0.240 e. The van der Waals surface area contributed by atoms with Gasteiger partial charge < -0.3 is 5.32 Å². The second kappa shape index (κ2) is 4.83. The van der Waals surface area contributed by atoms with Gasteiger partial charge in [0.2, 0.25) is 12.4 Å². The van der Waals surface area contributed by atoms with Crippen LogP contribution in [0.15, 0.2) is 18.2 Å². The van der Waals surface area contributed by atoms with Crippen molar-refractivity contribution in [3.05, 3.63) is 24.1 Å². The second-order valence-electron chi connectivity index (χ2n) is 3.02. The Morgan fingerprint density at radius 2 is 2.14 bits per heavy atom. The number of nitrogens with zero attached hydrogens (tertiary/aromatic N) is 1. The maximum atomic E-state index is 12.6. The van der Waals surface area contributed by atoms with Gasteiger partial charge in [-0.2, -0.15) is 4.39 Å². The molecule has 1 aromatic heterocycles. The SMILES string of the molecule is CC(CC(F)F)Nc1cccc(F)n1. The van der Waals surface area contributed by atoms with Gasteiger partial charge in [-0.3, -0.25) is 0 Å². The molecule has 5 heteroatoms. The number of anilines is 1. The standard InChI is InChI=1S/C9H11F3N2/c1-6(5-7(10)11)13-9-4-2-3-8(12)14-9/h2-4,6-7H,5H2,1H3,(H,13,14). The molecule has 0 aromatic carbocycles. The number of halogens is 3. The molecule has 1 rings (SSSR count). The fourth-order valence-electron chi connectivity index (χ4n) is 1.07. The quantitative estimate of drug-likeness (QED) is 0.762. The summed E-state index contributed by atoms with van der Waals surface area (Å²) in [5.41, 5.74) is 0. The summed E-state index contributed by atoms with van der Waals surface area (Å²) in [5.74, 6) is -0.350. The maximum absolute atomic E-state index is 12.6. The van der Waals surface area contributed by atoms with Crippen molar-refractivity contribution < 1.29 is 13.2 Å². The van der Waals surface area contributed by atoms with Crippen LogP contribution in [0.4, 0.5) is 19.0 Å². The highest BCUT2D eigenvalue weighted by atomic mass is 19.3. The lowest BCUT2D eigenvalue weighted by molar-refractivity contribution is 0.133. The summed E-state index contributed by atoms with van der Waals surface area (Å²) in [6, 6.07) is 3.78. The molecule has 0 radical (unpaired) electrons. The Morgan fingerprint density at radius 3 is 2.71 bits per heavy atom. The summed E-state index contributed by atoms with van der Waals surface area (Å²) in [5, 5.41) is 2.68. The lowest BCUT2D eigenvalue weighted by atomic mass is 10.2. The molecular formula is C9H11F3N2. The van der Waals surface area contributed by atoms with Crippen molar-refractivity contribution in [3.63, 3.8) is 0 Å². The van der Waals surface area contributed by atoms with Crippen LogP contribution in [0.3, 0.4) is 0 Å². The molecule has 0 aliphatic rings. The van der Waals surface area contributed by atoms with E-state index in [4.69, 9.17) is 0 Å². The van der Waals surface area contributed by atoms with E-state index in [9.17, 15) is 13.2 Å². The van der Waals surface area contributed by atoms with E-state index in [1.165, 1.54) is 18.2 Å². The fourth-order valence-corrected chi connectivity index (χ4v) is 1.07. The van der Waals surface area contributed by atoms with Gasteiger partial charge in [-0.25, -0.2) is 13.8 Å². The third-order valence-electron chi connectivity index (χ3n) is 1.64. The number of hydrogen-bond acceptors (Lipinski definition) is 2. The Morgan fingerprint density at radius 1 is 1.43 bits per heavy atom. The van der Waals surface area contributed by atoms with Gasteiger partial charge in [-0.1, -0.05) is 6.07 Å². The molecule has 78 valence electrons. The van der Waals surface area contributed by atoms with Crippen LogP contribution in [0.25, 0.3) is 0 Å². The van der Waals surface area contributed by atoms with Crippen LogP contribution < -0.4 is 5.32 Å². The van der Waals surface area contributed by atoms with E-state index in [2.05, 4.69) is 10.3 Å². The molecule has 14 heavy (non-hydrogen) atoms. The third kappa shape index (κ3) is 3.64. The topological polar surface area (TPSA) is 24.9 Å². The van der Waals surface area contributed by atoms with E-state index in [0.29, 0.717) is 0 Å². The van der Waals surface area contributed by atoms with Crippen molar-refractivity contribution in [2.75, 3.05) is 5.32 Å². The molecule has 0 fully saturated rings. The molecule has 0 bridgehead atoms. The maximum Gasteiger partial charge on any atom is 0.240 e. The van der Waals surface area contributed by atoms with E-state index in [1.54, 1.807) is 6.92 Å². The van der Waals surface area contributed by atoms with Gasteiger partial charge in [0.25, 0.3) is 0 Å². The van der Waals surface area contributed by atoms with Gasteiger partial charge in [0, 0.05) is 12.5 Å². The zero-order valence-electron chi connectivity index (χ0n) is 7.67. The predicted molar refractivity (Wildman–Crippen MR) is 47.9 cm³/mol. The summed E-state index contributed by atoms with van der Waals surface area (Å²) in [6.07, 6.45) is -2.65. The average molecular weight is 204 g/mol. The molecule has 0 spiro atoms. The Balaban J connectivity index is 2.51. The minimum atomic E-state index is -2.37. The lowest BCUT2D eigenvalue weighted by Gasteiger charge is -2.13. The summed E-state index contributed by atoms with van der Waals surface area (Å²) in [7, 11) is 0. The fraction of sp³-hybridized carbons (Fsp3) is 0.444. The number of rotatable bonds is 4. The number of nitrogens with one attached hydrogen (secondary N) is 1. The Labute approximate surface area is 80.2 Å². The lowest BCUT2D eigenvalue weighted by Crippen LogP contribution is -2.19. The number of aromatic nitrogens is 1. The summed E-state index contributed by atoms with van der Waals surface area (Å²) >= 11 is 0. The first kappa shape index (κ1) is 10.8. The minimum Gasteiger partial charge on any atom is -0.367 e.